The minimum atomic E-state index is -6.07. The number of hydrogen-bond acceptors (Lipinski definition) is 6. The third kappa shape index (κ3) is 4.31. The molecule has 0 spiro atoms. The van der Waals surface area contributed by atoms with Crippen LogP contribution in [0, 0.1) is 6.92 Å². The molecule has 14 heteroatoms. The molecule has 3 N–H and O–H groups in total. The molecule has 0 aliphatic heterocycles. The maximum Gasteiger partial charge on any atom is 0.433 e. The zero-order valence-electron chi connectivity index (χ0n) is 18.1. The number of thiazole rings is 1. The van der Waals surface area contributed by atoms with Crippen molar-refractivity contribution in [1.82, 2.24) is 14.5 Å². The van der Waals surface area contributed by atoms with E-state index in [0.29, 0.717) is 10.8 Å². The number of benzene rings is 2. The molecule has 0 amide bonds. The second-order valence-corrected chi connectivity index (χ2v) is 9.34. The number of aliphatic hydroxyl groups is 1. The summed E-state index contributed by atoms with van der Waals surface area (Å²) in [4.78, 5) is 20.5. The van der Waals surface area contributed by atoms with E-state index in [0.717, 1.165) is 11.8 Å². The quantitative estimate of drug-likeness (QED) is 0.262. The van der Waals surface area contributed by atoms with Crippen LogP contribution in [0.1, 0.15) is 16.4 Å². The van der Waals surface area contributed by atoms with E-state index in [1.807, 2.05) is 0 Å². The lowest BCUT2D eigenvalue weighted by atomic mass is 10.0. The summed E-state index contributed by atoms with van der Waals surface area (Å²) in [5.41, 5.74) is 1.24. The van der Waals surface area contributed by atoms with Crippen molar-refractivity contribution in [3.63, 3.8) is 0 Å². The number of aryl methyl sites for hydroxylation is 1. The van der Waals surface area contributed by atoms with Crippen molar-refractivity contribution in [2.75, 3.05) is 5.73 Å². The Labute approximate surface area is 207 Å². The predicted molar refractivity (Wildman–Crippen MR) is 123 cm³/mol. The van der Waals surface area contributed by atoms with Gasteiger partial charge in [-0.1, -0.05) is 23.7 Å². The molecular formula is C22H15ClF6N4O2S. The normalized spacial score (nSPS) is 12.9. The van der Waals surface area contributed by atoms with Crippen molar-refractivity contribution in [2.45, 2.75) is 31.4 Å². The van der Waals surface area contributed by atoms with E-state index in [4.69, 9.17) is 17.3 Å². The Morgan fingerprint density at radius 1 is 1.08 bits per heavy atom. The van der Waals surface area contributed by atoms with Crippen LogP contribution in [0.2, 0.25) is 5.02 Å². The SMILES string of the molecule is Cc1nc2cc(-c3cnc(C(O)(C(F)(F)F)C(F)(F)F)s3)c(N)cc2c(=O)n1Cc1ccc(Cl)cc1. The fraction of sp³-hybridized carbons (Fsp3) is 0.227. The maximum absolute atomic E-state index is 13.2. The number of rotatable bonds is 4. The molecule has 2 aromatic heterocycles. The van der Waals surface area contributed by atoms with Gasteiger partial charge < -0.3 is 10.8 Å². The number of nitrogens with two attached hydrogens (primary N) is 1. The summed E-state index contributed by atoms with van der Waals surface area (Å²) >= 11 is 5.87. The van der Waals surface area contributed by atoms with Gasteiger partial charge in [0.25, 0.3) is 5.56 Å². The van der Waals surface area contributed by atoms with Crippen molar-refractivity contribution in [3.05, 3.63) is 74.4 Å². The molecule has 0 radical (unpaired) electrons. The maximum atomic E-state index is 13.2. The minimum absolute atomic E-state index is 0.0136. The molecule has 0 aliphatic rings. The Kier molecular flexibility index (Phi) is 6.30. The summed E-state index contributed by atoms with van der Waals surface area (Å²) in [6.45, 7) is 1.75. The molecule has 190 valence electrons. The lowest BCUT2D eigenvalue weighted by Gasteiger charge is -2.30. The largest absolute Gasteiger partial charge is 0.433 e. The van der Waals surface area contributed by atoms with Crippen LogP contribution in [0.5, 0.6) is 0 Å². The number of aromatic nitrogens is 3. The molecular weight excluding hydrogens is 534 g/mol. The minimum Gasteiger partial charge on any atom is -0.398 e. The zero-order valence-corrected chi connectivity index (χ0v) is 19.6. The molecule has 4 rings (SSSR count). The van der Waals surface area contributed by atoms with Crippen LogP contribution in [0.25, 0.3) is 21.3 Å². The highest BCUT2D eigenvalue weighted by atomic mass is 35.5. The molecule has 0 saturated heterocycles. The van der Waals surface area contributed by atoms with Crippen LogP contribution >= 0.6 is 22.9 Å². The molecule has 0 unspecified atom stereocenters. The summed E-state index contributed by atoms with van der Waals surface area (Å²) in [6, 6.07) is 9.33. The van der Waals surface area contributed by atoms with Gasteiger partial charge in [-0.15, -0.1) is 11.3 Å². The Morgan fingerprint density at radius 2 is 1.69 bits per heavy atom. The summed E-state index contributed by atoms with van der Waals surface area (Å²) in [5.74, 6) is 0.312. The first-order valence-corrected chi connectivity index (χ1v) is 11.2. The highest BCUT2D eigenvalue weighted by Gasteiger charge is 2.73. The summed E-state index contributed by atoms with van der Waals surface area (Å²) < 4.78 is 80.6. The molecule has 0 fully saturated rings. The number of alkyl halides is 6. The molecule has 0 atom stereocenters. The number of anilines is 1. The van der Waals surface area contributed by atoms with Gasteiger partial charge in [0.2, 0.25) is 0 Å². The van der Waals surface area contributed by atoms with E-state index >= 15 is 0 Å². The van der Waals surface area contributed by atoms with Crippen molar-refractivity contribution in [1.29, 1.82) is 0 Å². The van der Waals surface area contributed by atoms with E-state index in [-0.39, 0.29) is 44.9 Å². The Bertz CT molecular complexity index is 1500. The first kappa shape index (κ1) is 25.9. The fourth-order valence-corrected chi connectivity index (χ4v) is 4.75. The van der Waals surface area contributed by atoms with E-state index in [9.17, 15) is 36.2 Å². The van der Waals surface area contributed by atoms with Gasteiger partial charge in [0, 0.05) is 22.5 Å². The van der Waals surface area contributed by atoms with E-state index in [1.54, 1.807) is 31.2 Å². The van der Waals surface area contributed by atoms with Gasteiger partial charge in [-0.2, -0.15) is 26.3 Å². The number of nitrogen functional groups attached to an aromatic ring is 1. The summed E-state index contributed by atoms with van der Waals surface area (Å²) in [7, 11) is 0. The van der Waals surface area contributed by atoms with Crippen LogP contribution in [0.3, 0.4) is 0 Å². The summed E-state index contributed by atoms with van der Waals surface area (Å²) in [5, 5.41) is 8.61. The van der Waals surface area contributed by atoms with Gasteiger partial charge in [0.1, 0.15) is 10.8 Å². The molecule has 0 bridgehead atoms. The van der Waals surface area contributed by atoms with E-state index in [1.165, 1.54) is 16.7 Å². The molecule has 4 aromatic rings. The number of nitrogens with zero attached hydrogens (tertiary/aromatic N) is 3. The van der Waals surface area contributed by atoms with Gasteiger partial charge in [-0.25, -0.2) is 9.97 Å². The average molecular weight is 549 g/mol. The van der Waals surface area contributed by atoms with Gasteiger partial charge in [-0.3, -0.25) is 9.36 Å². The Morgan fingerprint density at radius 3 is 2.28 bits per heavy atom. The first-order valence-electron chi connectivity index (χ1n) is 10.0. The second-order valence-electron chi connectivity index (χ2n) is 7.87. The predicted octanol–water partition coefficient (Wildman–Crippen LogP) is 5.42. The first-order chi connectivity index (χ1) is 16.6. The Balaban J connectivity index is 1.80. The van der Waals surface area contributed by atoms with Crippen LogP contribution < -0.4 is 11.3 Å². The van der Waals surface area contributed by atoms with Gasteiger partial charge >= 0.3 is 18.0 Å². The molecule has 6 nitrogen and oxygen atoms in total. The number of fused-ring (bicyclic) bond motifs is 1. The highest BCUT2D eigenvalue weighted by molar-refractivity contribution is 7.15. The van der Waals surface area contributed by atoms with Crippen molar-refractivity contribution >= 4 is 39.5 Å². The molecule has 2 heterocycles. The fourth-order valence-electron chi connectivity index (χ4n) is 3.54. The Hall–Kier alpha value is -3.16. The van der Waals surface area contributed by atoms with Gasteiger partial charge in [0.15, 0.2) is 0 Å². The van der Waals surface area contributed by atoms with Crippen molar-refractivity contribution in [3.8, 4) is 10.4 Å². The van der Waals surface area contributed by atoms with E-state index < -0.39 is 28.5 Å². The highest BCUT2D eigenvalue weighted by Crippen LogP contribution is 2.52. The van der Waals surface area contributed by atoms with Crippen LogP contribution in [-0.2, 0) is 12.1 Å². The molecule has 0 saturated carbocycles. The van der Waals surface area contributed by atoms with Crippen LogP contribution in [-0.4, -0.2) is 32.0 Å². The summed E-state index contributed by atoms with van der Waals surface area (Å²) in [6.07, 6.45) is -11.4. The number of hydrogen-bond donors (Lipinski definition) is 2. The molecule has 36 heavy (non-hydrogen) atoms. The lowest BCUT2D eigenvalue weighted by molar-refractivity contribution is -0.376. The van der Waals surface area contributed by atoms with Crippen molar-refractivity contribution < 1.29 is 31.4 Å². The third-order valence-electron chi connectivity index (χ3n) is 5.47. The topological polar surface area (TPSA) is 94.0 Å². The molecule has 2 aromatic carbocycles. The van der Waals surface area contributed by atoms with Crippen LogP contribution in [0.4, 0.5) is 32.0 Å². The second kappa shape index (κ2) is 8.75. The third-order valence-corrected chi connectivity index (χ3v) is 6.86. The average Bonchev–Trinajstić information content (AvgIpc) is 3.26. The van der Waals surface area contributed by atoms with Gasteiger partial charge in [0.05, 0.1) is 22.3 Å². The van der Waals surface area contributed by atoms with Crippen LogP contribution in [0.15, 0.2) is 47.4 Å². The van der Waals surface area contributed by atoms with E-state index in [2.05, 4.69) is 9.97 Å². The van der Waals surface area contributed by atoms with Crippen molar-refractivity contribution in [2.24, 2.45) is 0 Å². The van der Waals surface area contributed by atoms with Gasteiger partial charge in [-0.05, 0) is 36.8 Å². The standard InChI is InChI=1S/C22H15ClF6N4O2S/c1-10-32-16-7-13(17-8-31-19(36-17)20(35,21(24,25)26)22(27,28)29)15(30)6-14(16)18(34)33(10)9-11-2-4-12(23)5-3-11/h2-8,35H,9,30H2,1H3. The smallest absolute Gasteiger partial charge is 0.398 e. The number of halogens is 7. The monoisotopic (exact) mass is 548 g/mol. The molecule has 0 aliphatic carbocycles. The lowest BCUT2D eigenvalue weighted by Crippen LogP contribution is -2.53. The zero-order chi connectivity index (χ0) is 26.6.